The molecule has 0 aliphatic rings. The van der Waals surface area contributed by atoms with Crippen LogP contribution in [0.1, 0.15) is 60.3 Å². The van der Waals surface area contributed by atoms with E-state index in [1.54, 1.807) is 27.7 Å². The number of aldehydes is 1. The topological polar surface area (TPSA) is 162 Å². The third-order valence-corrected chi connectivity index (χ3v) is 5.88. The van der Waals surface area contributed by atoms with Crippen LogP contribution in [0.3, 0.4) is 0 Å². The van der Waals surface area contributed by atoms with Crippen LogP contribution in [0.25, 0.3) is 22.3 Å². The molecule has 0 bridgehead atoms. The molecule has 0 N–H and O–H groups in total. The molecule has 0 spiro atoms. The van der Waals surface area contributed by atoms with E-state index in [1.807, 2.05) is 0 Å². The van der Waals surface area contributed by atoms with Crippen molar-refractivity contribution in [3.05, 3.63) is 40.6 Å². The Balaban J connectivity index is 2.34. The van der Waals surface area contributed by atoms with Crippen molar-refractivity contribution in [3.8, 4) is 40.1 Å². The third-order valence-electron chi connectivity index (χ3n) is 5.88. The Labute approximate surface area is 246 Å². The monoisotopic (exact) mass is 596 g/mol. The Morgan fingerprint density at radius 2 is 1.33 bits per heavy atom. The van der Waals surface area contributed by atoms with Crippen LogP contribution in [0.15, 0.2) is 39.5 Å². The Bertz CT molecular complexity index is 1600. The number of carbonyl (C=O) groups excluding carboxylic acids is 5. The summed E-state index contributed by atoms with van der Waals surface area (Å²) in [6.07, 6.45) is 0.683. The molecule has 0 amide bonds. The Morgan fingerprint density at radius 3 is 1.91 bits per heavy atom. The zero-order chi connectivity index (χ0) is 31.7. The van der Waals surface area contributed by atoms with Crippen molar-refractivity contribution in [3.63, 3.8) is 0 Å². The smallest absolute Gasteiger partial charge is 0.311 e. The van der Waals surface area contributed by atoms with Crippen LogP contribution in [0.2, 0.25) is 0 Å². The maximum absolute atomic E-state index is 13.9. The van der Waals surface area contributed by atoms with Crippen LogP contribution in [-0.2, 0) is 24.0 Å². The molecule has 1 unspecified atom stereocenters. The number of esters is 4. The maximum Gasteiger partial charge on any atom is 0.311 e. The van der Waals surface area contributed by atoms with Gasteiger partial charge in [0.1, 0.15) is 28.8 Å². The molecule has 0 saturated heterocycles. The number of benzene rings is 2. The fraction of sp³-hybridized carbons (Fsp3) is 0.355. The molecule has 1 atom stereocenters. The summed E-state index contributed by atoms with van der Waals surface area (Å²) in [4.78, 5) is 73.7. The average Bonchev–Trinajstić information content (AvgIpc) is 3.01. The van der Waals surface area contributed by atoms with Gasteiger partial charge in [-0.15, -0.1) is 0 Å². The summed E-state index contributed by atoms with van der Waals surface area (Å²) in [5, 5.41) is -0.202. The second-order valence-corrected chi connectivity index (χ2v) is 9.28. The van der Waals surface area contributed by atoms with E-state index in [2.05, 4.69) is 0 Å². The van der Waals surface area contributed by atoms with Crippen LogP contribution in [-0.4, -0.2) is 36.8 Å². The number of rotatable bonds is 13. The van der Waals surface area contributed by atoms with Gasteiger partial charge in [-0.3, -0.25) is 24.0 Å². The van der Waals surface area contributed by atoms with Gasteiger partial charge in [-0.05, 0) is 18.2 Å². The highest BCUT2D eigenvalue weighted by Gasteiger charge is 2.26. The van der Waals surface area contributed by atoms with Gasteiger partial charge in [0.25, 0.3) is 0 Å². The van der Waals surface area contributed by atoms with Crippen LogP contribution in [0, 0.1) is 5.92 Å². The van der Waals surface area contributed by atoms with E-state index < -0.39 is 41.0 Å². The molecule has 2 aromatic carbocycles. The SMILES string of the molecule is CCC(=O)Oc1ccc(-c2oc3cc(OCC(C)C=O)cc(OC(=O)CC)c3c(=O)c2OC(=O)CC)cc1OC(=O)CC. The Morgan fingerprint density at radius 1 is 0.767 bits per heavy atom. The zero-order valence-electron chi connectivity index (χ0n) is 24.5. The minimum atomic E-state index is -0.835. The standard InChI is InChI=1S/C31H32O12/c1-6-24(33)39-20-11-10-18(12-21(20)40-25(34)7-2)30-31(43-27(36)9-4)29(37)28-22(41-26(35)8-3)13-19(14-23(28)42-30)38-16-17(5)15-32/h10-15,17H,6-9,16H2,1-5H3. The number of carbonyl (C=O) groups is 5. The molecule has 3 aromatic rings. The quantitative estimate of drug-likeness (QED) is 0.149. The van der Waals surface area contributed by atoms with Crippen molar-refractivity contribution in [2.24, 2.45) is 5.92 Å². The van der Waals surface area contributed by atoms with E-state index in [0.29, 0.717) is 6.29 Å². The van der Waals surface area contributed by atoms with Gasteiger partial charge in [-0.25, -0.2) is 0 Å². The fourth-order valence-corrected chi connectivity index (χ4v) is 3.54. The molecule has 12 nitrogen and oxygen atoms in total. The second-order valence-electron chi connectivity index (χ2n) is 9.28. The van der Waals surface area contributed by atoms with Crippen molar-refractivity contribution in [2.45, 2.75) is 60.3 Å². The lowest BCUT2D eigenvalue weighted by Crippen LogP contribution is -2.17. The predicted octanol–water partition coefficient (Wildman–Crippen LogP) is 4.94. The Kier molecular flexibility index (Phi) is 11.2. The molecule has 1 heterocycles. The Hall–Kier alpha value is -5.00. The second kappa shape index (κ2) is 14.8. The van der Waals surface area contributed by atoms with Gasteiger partial charge < -0.3 is 32.9 Å². The van der Waals surface area contributed by atoms with E-state index in [-0.39, 0.29) is 77.6 Å². The van der Waals surface area contributed by atoms with Crippen LogP contribution in [0.4, 0.5) is 0 Å². The number of fused-ring (bicyclic) bond motifs is 1. The van der Waals surface area contributed by atoms with E-state index in [0.717, 1.165) is 0 Å². The molecular weight excluding hydrogens is 564 g/mol. The molecule has 12 heteroatoms. The largest absolute Gasteiger partial charge is 0.493 e. The van der Waals surface area contributed by atoms with Crippen molar-refractivity contribution in [2.75, 3.05) is 6.61 Å². The van der Waals surface area contributed by atoms with Crippen LogP contribution in [0.5, 0.6) is 28.7 Å². The van der Waals surface area contributed by atoms with Crippen molar-refractivity contribution >= 4 is 41.1 Å². The van der Waals surface area contributed by atoms with Crippen molar-refractivity contribution in [1.29, 1.82) is 0 Å². The molecule has 1 aromatic heterocycles. The average molecular weight is 597 g/mol. The summed E-state index contributed by atoms with van der Waals surface area (Å²) in [6, 6.07) is 6.71. The first-order chi connectivity index (χ1) is 20.5. The van der Waals surface area contributed by atoms with Gasteiger partial charge in [-0.2, -0.15) is 0 Å². The van der Waals surface area contributed by atoms with Gasteiger partial charge in [-0.1, -0.05) is 34.6 Å². The highest BCUT2D eigenvalue weighted by atomic mass is 16.6. The first-order valence-electron chi connectivity index (χ1n) is 13.7. The number of hydrogen-bond acceptors (Lipinski definition) is 12. The molecular formula is C31H32O12. The fourth-order valence-electron chi connectivity index (χ4n) is 3.54. The molecule has 0 aliphatic carbocycles. The number of ether oxygens (including phenoxy) is 5. The molecule has 0 aliphatic heterocycles. The lowest BCUT2D eigenvalue weighted by molar-refractivity contribution is -0.136. The summed E-state index contributed by atoms with van der Waals surface area (Å²) >= 11 is 0. The summed E-state index contributed by atoms with van der Waals surface area (Å²) in [7, 11) is 0. The summed E-state index contributed by atoms with van der Waals surface area (Å²) in [5.41, 5.74) is -0.806. The molecule has 3 rings (SSSR count). The van der Waals surface area contributed by atoms with Crippen molar-refractivity contribution < 1.29 is 52.1 Å². The predicted molar refractivity (Wildman–Crippen MR) is 152 cm³/mol. The van der Waals surface area contributed by atoms with E-state index in [4.69, 9.17) is 28.1 Å². The molecule has 0 fully saturated rings. The van der Waals surface area contributed by atoms with E-state index in [9.17, 15) is 28.8 Å². The normalized spacial score (nSPS) is 11.4. The third kappa shape index (κ3) is 8.06. The van der Waals surface area contributed by atoms with Crippen LogP contribution >= 0.6 is 0 Å². The van der Waals surface area contributed by atoms with Gasteiger partial charge in [0.05, 0.1) is 6.61 Å². The number of hydrogen-bond donors (Lipinski definition) is 0. The summed E-state index contributed by atoms with van der Waals surface area (Å²) < 4.78 is 33.2. The highest BCUT2D eigenvalue weighted by Crippen LogP contribution is 2.40. The molecule has 0 saturated carbocycles. The first kappa shape index (κ1) is 32.5. The lowest BCUT2D eigenvalue weighted by Gasteiger charge is -2.16. The summed E-state index contributed by atoms with van der Waals surface area (Å²) in [6.45, 7) is 7.90. The first-order valence-corrected chi connectivity index (χ1v) is 13.7. The van der Waals surface area contributed by atoms with Gasteiger partial charge in [0.15, 0.2) is 17.3 Å². The van der Waals surface area contributed by atoms with Gasteiger partial charge >= 0.3 is 23.9 Å². The van der Waals surface area contributed by atoms with Crippen LogP contribution < -0.4 is 29.1 Å². The minimum absolute atomic E-state index is 0.00986. The molecule has 0 radical (unpaired) electrons. The van der Waals surface area contributed by atoms with Gasteiger partial charge in [0.2, 0.25) is 11.2 Å². The minimum Gasteiger partial charge on any atom is -0.493 e. The highest BCUT2D eigenvalue weighted by molar-refractivity contribution is 5.92. The lowest BCUT2D eigenvalue weighted by atomic mass is 10.1. The molecule has 43 heavy (non-hydrogen) atoms. The van der Waals surface area contributed by atoms with E-state index in [1.165, 1.54) is 37.3 Å². The van der Waals surface area contributed by atoms with Gasteiger partial charge in [0, 0.05) is 49.3 Å². The molecule has 228 valence electrons. The van der Waals surface area contributed by atoms with Crippen molar-refractivity contribution in [1.82, 2.24) is 0 Å². The van der Waals surface area contributed by atoms with E-state index >= 15 is 0 Å². The summed E-state index contributed by atoms with van der Waals surface area (Å²) in [5.74, 6) is -4.09. The zero-order valence-corrected chi connectivity index (χ0v) is 24.5. The maximum atomic E-state index is 13.9.